The van der Waals surface area contributed by atoms with E-state index < -0.39 is 11.9 Å². The van der Waals surface area contributed by atoms with E-state index in [1.807, 2.05) is 47.8 Å². The van der Waals surface area contributed by atoms with E-state index in [0.29, 0.717) is 10.3 Å². The predicted molar refractivity (Wildman–Crippen MR) is 99.2 cm³/mol. The Bertz CT molecular complexity index is 702. The first kappa shape index (κ1) is 17.2. The minimum Gasteiger partial charge on any atom is -0.481 e. The number of amides is 1. The molecule has 2 aromatic rings. The molecule has 0 aromatic heterocycles. The summed E-state index contributed by atoms with van der Waals surface area (Å²) >= 11 is 3.89. The maximum Gasteiger partial charge on any atom is 0.265 e. The van der Waals surface area contributed by atoms with Gasteiger partial charge in [-0.25, -0.2) is 4.39 Å². The van der Waals surface area contributed by atoms with Crippen molar-refractivity contribution in [2.24, 2.45) is 0 Å². The van der Waals surface area contributed by atoms with Crippen molar-refractivity contribution in [2.45, 2.75) is 17.6 Å². The molecule has 1 N–H and O–H groups in total. The molecule has 24 heavy (non-hydrogen) atoms. The second-order valence-electron chi connectivity index (χ2n) is 5.37. The van der Waals surface area contributed by atoms with E-state index >= 15 is 0 Å². The lowest BCUT2D eigenvalue weighted by atomic mass is 10.2. The van der Waals surface area contributed by atoms with Gasteiger partial charge >= 0.3 is 0 Å². The number of carbonyl (C=O) groups is 1. The Morgan fingerprint density at radius 2 is 1.83 bits per heavy atom. The number of thioether (sulfide) groups is 2. The van der Waals surface area contributed by atoms with Crippen molar-refractivity contribution in [1.82, 2.24) is 0 Å². The van der Waals surface area contributed by atoms with Crippen molar-refractivity contribution < 1.29 is 13.9 Å². The van der Waals surface area contributed by atoms with Gasteiger partial charge in [-0.3, -0.25) is 4.79 Å². The minimum absolute atomic E-state index is 0.156. The Morgan fingerprint density at radius 3 is 2.50 bits per heavy atom. The summed E-state index contributed by atoms with van der Waals surface area (Å²) < 4.78 is 19.7. The number of halogens is 1. The normalized spacial score (nSPS) is 15.9. The van der Waals surface area contributed by atoms with E-state index in [1.54, 1.807) is 19.1 Å². The maximum absolute atomic E-state index is 13.6. The van der Waals surface area contributed by atoms with Crippen LogP contribution >= 0.6 is 23.5 Å². The molecule has 1 amide bonds. The number of carbonyl (C=O) groups excluding carboxylic acids is 1. The van der Waals surface area contributed by atoms with Crippen LogP contribution in [0.1, 0.15) is 17.1 Å². The van der Waals surface area contributed by atoms with Gasteiger partial charge in [0.25, 0.3) is 5.91 Å². The monoisotopic (exact) mass is 363 g/mol. The average Bonchev–Trinajstić information content (AvgIpc) is 3.12. The molecular formula is C18H18FNO2S2. The molecule has 1 aliphatic rings. The van der Waals surface area contributed by atoms with Gasteiger partial charge < -0.3 is 10.1 Å². The molecule has 1 aliphatic heterocycles. The van der Waals surface area contributed by atoms with Gasteiger partial charge in [0.1, 0.15) is 11.6 Å². The van der Waals surface area contributed by atoms with E-state index in [2.05, 4.69) is 5.32 Å². The standard InChI is InChI=1S/C18H18FNO2S2/c1-12(17(21)20-16-5-3-2-4-15(16)19)22-14-8-6-13(7-9-14)18-23-10-11-24-18/h2-9,12,18H,10-11H2,1H3,(H,20,21)/t12-/m0/s1. The number of nitrogens with one attached hydrogen (secondary N) is 1. The number of benzene rings is 2. The molecule has 0 spiro atoms. The summed E-state index contributed by atoms with van der Waals surface area (Å²) in [4.78, 5) is 12.1. The Morgan fingerprint density at radius 1 is 1.17 bits per heavy atom. The first-order chi connectivity index (χ1) is 11.6. The largest absolute Gasteiger partial charge is 0.481 e. The van der Waals surface area contributed by atoms with Gasteiger partial charge in [0.2, 0.25) is 0 Å². The molecule has 0 radical (unpaired) electrons. The van der Waals surface area contributed by atoms with Crippen molar-refractivity contribution in [3.05, 3.63) is 59.9 Å². The van der Waals surface area contributed by atoms with Crippen molar-refractivity contribution >= 4 is 35.1 Å². The third-order valence-corrected chi connectivity index (χ3v) is 6.69. The van der Waals surface area contributed by atoms with Crippen LogP contribution in [-0.2, 0) is 4.79 Å². The molecule has 0 unspecified atom stereocenters. The summed E-state index contributed by atoms with van der Waals surface area (Å²) in [6.45, 7) is 1.65. The number of rotatable bonds is 5. The Balaban J connectivity index is 1.58. The van der Waals surface area contributed by atoms with E-state index in [-0.39, 0.29) is 11.6 Å². The first-order valence-corrected chi connectivity index (χ1v) is 9.78. The third kappa shape index (κ3) is 4.24. The van der Waals surface area contributed by atoms with Crippen molar-refractivity contribution in [3.63, 3.8) is 0 Å². The lowest BCUT2D eigenvalue weighted by molar-refractivity contribution is -0.122. The van der Waals surface area contributed by atoms with Crippen molar-refractivity contribution in [2.75, 3.05) is 16.8 Å². The molecule has 0 saturated carbocycles. The number of hydrogen-bond acceptors (Lipinski definition) is 4. The lowest BCUT2D eigenvalue weighted by Crippen LogP contribution is -2.30. The van der Waals surface area contributed by atoms with Crippen LogP contribution in [0.2, 0.25) is 0 Å². The van der Waals surface area contributed by atoms with E-state index in [1.165, 1.54) is 29.2 Å². The van der Waals surface area contributed by atoms with Gasteiger partial charge in [0.05, 0.1) is 10.3 Å². The highest BCUT2D eigenvalue weighted by atomic mass is 32.2. The average molecular weight is 363 g/mol. The summed E-state index contributed by atoms with van der Waals surface area (Å²) in [6, 6.07) is 13.9. The minimum atomic E-state index is -0.717. The first-order valence-electron chi connectivity index (χ1n) is 7.69. The fourth-order valence-electron chi connectivity index (χ4n) is 2.31. The fraction of sp³-hybridized carbons (Fsp3) is 0.278. The van der Waals surface area contributed by atoms with Crippen LogP contribution in [0.4, 0.5) is 10.1 Å². The van der Waals surface area contributed by atoms with Crippen molar-refractivity contribution in [3.8, 4) is 5.75 Å². The van der Waals surface area contributed by atoms with Crippen LogP contribution in [-0.4, -0.2) is 23.5 Å². The molecule has 1 heterocycles. The SMILES string of the molecule is C[C@H](Oc1ccc(C2SCCS2)cc1)C(=O)Nc1ccccc1F. The van der Waals surface area contributed by atoms with E-state index in [9.17, 15) is 9.18 Å². The number of anilines is 1. The van der Waals surface area contributed by atoms with Crippen LogP contribution in [0.25, 0.3) is 0 Å². The topological polar surface area (TPSA) is 38.3 Å². The van der Waals surface area contributed by atoms with Crippen LogP contribution in [0.3, 0.4) is 0 Å². The van der Waals surface area contributed by atoms with Gasteiger partial charge in [-0.05, 0) is 36.8 Å². The predicted octanol–water partition coefficient (Wildman–Crippen LogP) is 4.71. The fourth-order valence-corrected chi connectivity index (χ4v) is 5.17. The van der Waals surface area contributed by atoms with Gasteiger partial charge in [0, 0.05) is 11.5 Å². The van der Waals surface area contributed by atoms with Gasteiger partial charge in [-0.1, -0.05) is 24.3 Å². The Hall–Kier alpha value is -1.66. The molecule has 3 nitrogen and oxygen atoms in total. The molecule has 1 fully saturated rings. The molecule has 1 atom stereocenters. The molecule has 0 aliphatic carbocycles. The second-order valence-corrected chi connectivity index (χ2v) is 8.10. The smallest absolute Gasteiger partial charge is 0.265 e. The molecule has 2 aromatic carbocycles. The van der Waals surface area contributed by atoms with Crippen molar-refractivity contribution in [1.29, 1.82) is 0 Å². The summed E-state index contributed by atoms with van der Waals surface area (Å²) in [7, 11) is 0. The highest BCUT2D eigenvalue weighted by molar-refractivity contribution is 8.19. The number of ether oxygens (including phenoxy) is 1. The summed E-state index contributed by atoms with van der Waals surface area (Å²) in [5, 5.41) is 2.54. The van der Waals surface area contributed by atoms with Gasteiger partial charge in [0.15, 0.2) is 6.10 Å². The van der Waals surface area contributed by atoms with Crippen LogP contribution < -0.4 is 10.1 Å². The molecule has 0 bridgehead atoms. The Labute approximate surface area is 149 Å². The lowest BCUT2D eigenvalue weighted by Gasteiger charge is -2.16. The number of hydrogen-bond donors (Lipinski definition) is 1. The number of para-hydroxylation sites is 1. The van der Waals surface area contributed by atoms with Gasteiger partial charge in [-0.2, -0.15) is 0 Å². The van der Waals surface area contributed by atoms with Gasteiger partial charge in [-0.15, -0.1) is 23.5 Å². The molecule has 1 saturated heterocycles. The molecule has 6 heteroatoms. The summed E-state index contributed by atoms with van der Waals surface area (Å²) in [6.07, 6.45) is -0.717. The summed E-state index contributed by atoms with van der Waals surface area (Å²) in [5.74, 6) is 2.14. The zero-order valence-electron chi connectivity index (χ0n) is 13.2. The molecule has 126 valence electrons. The highest BCUT2D eigenvalue weighted by Crippen LogP contribution is 2.45. The summed E-state index contributed by atoms with van der Waals surface area (Å²) in [5.41, 5.74) is 1.42. The Kier molecular flexibility index (Phi) is 5.68. The highest BCUT2D eigenvalue weighted by Gasteiger charge is 2.19. The zero-order chi connectivity index (χ0) is 16.9. The third-order valence-electron chi connectivity index (χ3n) is 3.59. The second kappa shape index (κ2) is 7.94. The van der Waals surface area contributed by atoms with Crippen LogP contribution in [0.5, 0.6) is 5.75 Å². The van der Waals surface area contributed by atoms with Crippen LogP contribution in [0.15, 0.2) is 48.5 Å². The molecule has 3 rings (SSSR count). The quantitative estimate of drug-likeness (QED) is 0.835. The zero-order valence-corrected chi connectivity index (χ0v) is 14.8. The van der Waals surface area contributed by atoms with E-state index in [0.717, 1.165) is 0 Å². The molecular weight excluding hydrogens is 345 g/mol. The van der Waals surface area contributed by atoms with Crippen LogP contribution in [0, 0.1) is 5.82 Å². The maximum atomic E-state index is 13.6. The van der Waals surface area contributed by atoms with E-state index in [4.69, 9.17) is 4.74 Å².